The Morgan fingerprint density at radius 2 is 2.25 bits per heavy atom. The minimum atomic E-state index is -0.841. The molecule has 88 valence electrons. The lowest BCUT2D eigenvalue weighted by Gasteiger charge is -2.12. The van der Waals surface area contributed by atoms with E-state index in [1.54, 1.807) is 6.07 Å². The summed E-state index contributed by atoms with van der Waals surface area (Å²) in [5, 5.41) is 8.51. The van der Waals surface area contributed by atoms with E-state index in [1.165, 1.54) is 12.1 Å². The zero-order chi connectivity index (χ0) is 12.1. The molecule has 0 radical (unpaired) electrons. The molecule has 3 N–H and O–H groups in total. The van der Waals surface area contributed by atoms with E-state index in [0.717, 1.165) is 11.1 Å². The number of carboxylic acid groups (broad SMARTS) is 1. The zero-order valence-electron chi connectivity index (χ0n) is 9.24. The van der Waals surface area contributed by atoms with E-state index >= 15 is 0 Å². The largest absolute Gasteiger partial charge is 0.481 e. The van der Waals surface area contributed by atoms with Crippen LogP contribution >= 0.6 is 0 Å². The van der Waals surface area contributed by atoms with Crippen molar-refractivity contribution in [1.29, 1.82) is 0 Å². The molecular formula is C12H16FNO2. The van der Waals surface area contributed by atoms with Crippen LogP contribution in [0, 0.1) is 12.7 Å². The van der Waals surface area contributed by atoms with Gasteiger partial charge in [-0.05, 0) is 43.0 Å². The summed E-state index contributed by atoms with van der Waals surface area (Å²) < 4.78 is 12.8. The molecule has 1 aromatic rings. The summed E-state index contributed by atoms with van der Waals surface area (Å²) in [5.74, 6) is -1.10. The number of rotatable bonds is 5. The maximum Gasteiger partial charge on any atom is 0.303 e. The second kappa shape index (κ2) is 5.61. The molecule has 0 aromatic heterocycles. The molecule has 4 heteroatoms. The number of aryl methyl sites for hydroxylation is 1. The fraction of sp³-hybridized carbons (Fsp3) is 0.417. The Bertz CT molecular complexity index is 379. The van der Waals surface area contributed by atoms with Gasteiger partial charge in [0.2, 0.25) is 0 Å². The van der Waals surface area contributed by atoms with Crippen LogP contribution in [0.5, 0.6) is 0 Å². The monoisotopic (exact) mass is 225 g/mol. The summed E-state index contributed by atoms with van der Waals surface area (Å²) in [5.41, 5.74) is 7.63. The lowest BCUT2D eigenvalue weighted by atomic mass is 9.99. The molecule has 1 rings (SSSR count). The summed E-state index contributed by atoms with van der Waals surface area (Å²) in [7, 11) is 0. The van der Waals surface area contributed by atoms with E-state index in [1.807, 2.05) is 6.92 Å². The molecule has 0 saturated carbocycles. The minimum absolute atomic E-state index is 0.0708. The van der Waals surface area contributed by atoms with Crippen molar-refractivity contribution in [3.63, 3.8) is 0 Å². The molecule has 0 aliphatic carbocycles. The van der Waals surface area contributed by atoms with Gasteiger partial charge in [0.25, 0.3) is 0 Å². The standard InChI is InChI=1S/C12H16FNO2/c1-8-6-10(13)3-2-9(8)7-11(14)4-5-12(15)16/h2-3,6,11H,4-5,7,14H2,1H3,(H,15,16). The van der Waals surface area contributed by atoms with Crippen molar-refractivity contribution < 1.29 is 14.3 Å². The Morgan fingerprint density at radius 1 is 1.56 bits per heavy atom. The third-order valence-electron chi connectivity index (χ3n) is 2.52. The lowest BCUT2D eigenvalue weighted by molar-refractivity contribution is -0.137. The van der Waals surface area contributed by atoms with Crippen LogP contribution in [0.25, 0.3) is 0 Å². The Hall–Kier alpha value is -1.42. The number of nitrogens with two attached hydrogens (primary N) is 1. The molecule has 1 unspecified atom stereocenters. The van der Waals surface area contributed by atoms with E-state index in [2.05, 4.69) is 0 Å². The van der Waals surface area contributed by atoms with Crippen LogP contribution in [-0.4, -0.2) is 17.1 Å². The third-order valence-corrected chi connectivity index (χ3v) is 2.52. The Balaban J connectivity index is 2.55. The molecule has 0 saturated heterocycles. The SMILES string of the molecule is Cc1cc(F)ccc1CC(N)CCC(=O)O. The molecule has 0 bridgehead atoms. The smallest absolute Gasteiger partial charge is 0.303 e. The van der Waals surface area contributed by atoms with Gasteiger partial charge >= 0.3 is 5.97 Å². The van der Waals surface area contributed by atoms with Gasteiger partial charge in [-0.25, -0.2) is 4.39 Å². The molecule has 0 aliphatic heterocycles. The maximum absolute atomic E-state index is 12.8. The first-order valence-corrected chi connectivity index (χ1v) is 5.21. The summed E-state index contributed by atoms with van der Waals surface area (Å²) in [4.78, 5) is 10.4. The first kappa shape index (κ1) is 12.6. The van der Waals surface area contributed by atoms with Gasteiger partial charge < -0.3 is 10.8 Å². The predicted octanol–water partition coefficient (Wildman–Crippen LogP) is 1.87. The molecule has 0 amide bonds. The van der Waals surface area contributed by atoms with Gasteiger partial charge in [0.05, 0.1) is 0 Å². The van der Waals surface area contributed by atoms with Crippen LogP contribution in [0.1, 0.15) is 24.0 Å². The van der Waals surface area contributed by atoms with Crippen LogP contribution in [-0.2, 0) is 11.2 Å². The molecule has 16 heavy (non-hydrogen) atoms. The number of carbonyl (C=O) groups is 1. The number of carboxylic acids is 1. The highest BCUT2D eigenvalue weighted by molar-refractivity contribution is 5.66. The van der Waals surface area contributed by atoms with Gasteiger partial charge in [-0.1, -0.05) is 6.07 Å². The second-order valence-electron chi connectivity index (χ2n) is 3.97. The Labute approximate surface area is 94.1 Å². The zero-order valence-corrected chi connectivity index (χ0v) is 9.24. The van der Waals surface area contributed by atoms with E-state index in [9.17, 15) is 9.18 Å². The molecule has 1 aromatic carbocycles. The molecule has 3 nitrogen and oxygen atoms in total. The van der Waals surface area contributed by atoms with Crippen molar-refractivity contribution in [1.82, 2.24) is 0 Å². The van der Waals surface area contributed by atoms with Crippen LogP contribution in [0.15, 0.2) is 18.2 Å². The highest BCUT2D eigenvalue weighted by atomic mass is 19.1. The highest BCUT2D eigenvalue weighted by Crippen LogP contribution is 2.13. The predicted molar refractivity (Wildman–Crippen MR) is 59.7 cm³/mol. The summed E-state index contributed by atoms with van der Waals surface area (Å²) in [6.07, 6.45) is 1.09. The van der Waals surface area contributed by atoms with Crippen molar-refractivity contribution >= 4 is 5.97 Å². The average molecular weight is 225 g/mol. The molecule has 0 aliphatic rings. The van der Waals surface area contributed by atoms with Gasteiger partial charge in [-0.15, -0.1) is 0 Å². The van der Waals surface area contributed by atoms with E-state index < -0.39 is 5.97 Å². The van der Waals surface area contributed by atoms with Crippen molar-refractivity contribution in [2.45, 2.75) is 32.2 Å². The van der Waals surface area contributed by atoms with Gasteiger partial charge in [0, 0.05) is 12.5 Å². The highest BCUT2D eigenvalue weighted by Gasteiger charge is 2.08. The summed E-state index contributed by atoms with van der Waals surface area (Å²) in [6.45, 7) is 1.82. The second-order valence-corrected chi connectivity index (χ2v) is 3.97. The maximum atomic E-state index is 12.8. The van der Waals surface area contributed by atoms with Gasteiger partial charge in [-0.2, -0.15) is 0 Å². The molecular weight excluding hydrogens is 209 g/mol. The number of halogens is 1. The molecule has 0 spiro atoms. The van der Waals surface area contributed by atoms with E-state index in [4.69, 9.17) is 10.8 Å². The Kier molecular flexibility index (Phi) is 4.43. The third kappa shape index (κ3) is 3.98. The summed E-state index contributed by atoms with van der Waals surface area (Å²) >= 11 is 0. The van der Waals surface area contributed by atoms with Crippen molar-refractivity contribution in [2.75, 3.05) is 0 Å². The van der Waals surface area contributed by atoms with Gasteiger partial charge in [0.1, 0.15) is 5.82 Å². The Morgan fingerprint density at radius 3 is 2.81 bits per heavy atom. The van der Waals surface area contributed by atoms with Gasteiger partial charge in [-0.3, -0.25) is 4.79 Å². The molecule has 0 fully saturated rings. The normalized spacial score (nSPS) is 12.4. The van der Waals surface area contributed by atoms with E-state index in [0.29, 0.717) is 12.8 Å². The topological polar surface area (TPSA) is 63.3 Å². The quantitative estimate of drug-likeness (QED) is 0.804. The van der Waals surface area contributed by atoms with Crippen LogP contribution in [0.3, 0.4) is 0 Å². The lowest BCUT2D eigenvalue weighted by Crippen LogP contribution is -2.24. The number of hydrogen-bond acceptors (Lipinski definition) is 2. The van der Waals surface area contributed by atoms with Gasteiger partial charge in [0.15, 0.2) is 0 Å². The van der Waals surface area contributed by atoms with Crippen molar-refractivity contribution in [3.8, 4) is 0 Å². The van der Waals surface area contributed by atoms with Crippen LogP contribution < -0.4 is 5.73 Å². The molecule has 0 heterocycles. The van der Waals surface area contributed by atoms with Crippen molar-refractivity contribution in [2.24, 2.45) is 5.73 Å². The van der Waals surface area contributed by atoms with Crippen LogP contribution in [0.2, 0.25) is 0 Å². The molecule has 1 atom stereocenters. The summed E-state index contributed by atoms with van der Waals surface area (Å²) in [6, 6.07) is 4.36. The average Bonchev–Trinajstić information content (AvgIpc) is 2.19. The fourth-order valence-corrected chi connectivity index (χ4v) is 1.58. The number of benzene rings is 1. The van der Waals surface area contributed by atoms with E-state index in [-0.39, 0.29) is 18.3 Å². The fourth-order valence-electron chi connectivity index (χ4n) is 1.58. The van der Waals surface area contributed by atoms with Crippen LogP contribution in [0.4, 0.5) is 4.39 Å². The minimum Gasteiger partial charge on any atom is -0.481 e. The van der Waals surface area contributed by atoms with Crippen molar-refractivity contribution in [3.05, 3.63) is 35.1 Å². The number of hydrogen-bond donors (Lipinski definition) is 2. The first-order chi connectivity index (χ1) is 7.49. The number of aliphatic carboxylic acids is 1. The first-order valence-electron chi connectivity index (χ1n) is 5.21.